The fraction of sp³-hybridized carbons (Fsp3) is 0.0769. The van der Waals surface area contributed by atoms with Crippen LogP contribution in [0.5, 0.6) is 5.75 Å². The number of carboxylic acids is 1. The zero-order valence-electron chi connectivity index (χ0n) is 9.51. The number of para-hydroxylation sites is 1. The molecule has 18 heavy (non-hydrogen) atoms. The van der Waals surface area contributed by atoms with Crippen LogP contribution in [0.15, 0.2) is 34.9 Å². The van der Waals surface area contributed by atoms with E-state index in [1.165, 1.54) is 6.20 Å². The molecule has 0 saturated carbocycles. The lowest BCUT2D eigenvalue weighted by atomic mass is 10.1. The van der Waals surface area contributed by atoms with Crippen molar-refractivity contribution in [2.75, 3.05) is 0 Å². The van der Waals surface area contributed by atoms with Crippen molar-refractivity contribution in [3.05, 3.63) is 45.9 Å². The van der Waals surface area contributed by atoms with Crippen molar-refractivity contribution in [2.24, 2.45) is 0 Å². The number of allylic oxidation sites excluding steroid dienone is 1. The summed E-state index contributed by atoms with van der Waals surface area (Å²) in [5, 5.41) is 9.38. The minimum atomic E-state index is -1.23. The summed E-state index contributed by atoms with van der Waals surface area (Å²) >= 11 is 0. The Morgan fingerprint density at radius 1 is 1.39 bits per heavy atom. The average molecular weight is 243 g/mol. The van der Waals surface area contributed by atoms with Gasteiger partial charge in [-0.25, -0.2) is 4.79 Å². The molecule has 0 radical (unpaired) electrons. The van der Waals surface area contributed by atoms with Gasteiger partial charge in [0.05, 0.1) is 10.9 Å². The zero-order chi connectivity index (χ0) is 12.9. The van der Waals surface area contributed by atoms with E-state index in [1.54, 1.807) is 35.9 Å². The van der Waals surface area contributed by atoms with E-state index in [1.807, 2.05) is 0 Å². The summed E-state index contributed by atoms with van der Waals surface area (Å²) in [5.41, 5.74) is -0.143. The molecule has 0 aliphatic carbocycles. The summed E-state index contributed by atoms with van der Waals surface area (Å²) in [6, 6.07) is 5.02. The molecule has 1 N–H and O–H groups in total. The Hall–Kier alpha value is -2.56. The van der Waals surface area contributed by atoms with Gasteiger partial charge in [0.1, 0.15) is 11.3 Å². The maximum atomic E-state index is 12.0. The van der Waals surface area contributed by atoms with Gasteiger partial charge in [-0.2, -0.15) is 0 Å². The van der Waals surface area contributed by atoms with Gasteiger partial charge in [-0.3, -0.25) is 4.79 Å². The first-order valence-corrected chi connectivity index (χ1v) is 5.35. The molecule has 2 heterocycles. The van der Waals surface area contributed by atoms with E-state index >= 15 is 0 Å². The normalized spacial score (nSPS) is 13.1. The summed E-state index contributed by atoms with van der Waals surface area (Å²) in [6.45, 7) is 1.76. The average Bonchev–Trinajstić information content (AvgIpc) is 2.32. The SMILES string of the molecule is CC1=Cn2cc(C(=O)O)c(=O)c3cccc(c32)O1. The molecule has 2 aromatic rings. The van der Waals surface area contributed by atoms with Crippen molar-refractivity contribution in [3.8, 4) is 5.75 Å². The molecule has 1 aliphatic rings. The highest BCUT2D eigenvalue weighted by atomic mass is 16.5. The second kappa shape index (κ2) is 3.46. The van der Waals surface area contributed by atoms with Gasteiger partial charge in [-0.05, 0) is 19.1 Å². The predicted octanol–water partition coefficient (Wildman–Crippen LogP) is 1.91. The van der Waals surface area contributed by atoms with Crippen LogP contribution in [0.25, 0.3) is 17.1 Å². The standard InChI is InChI=1S/C13H9NO4/c1-7-5-14-6-9(13(16)17)12(15)8-3-2-4-10(18-7)11(8)14/h2-6H,1H3,(H,16,17). The third-order valence-electron chi connectivity index (χ3n) is 2.84. The lowest BCUT2D eigenvalue weighted by molar-refractivity contribution is 0.0695. The number of benzene rings is 1. The van der Waals surface area contributed by atoms with E-state index in [-0.39, 0.29) is 5.56 Å². The number of rotatable bonds is 1. The molecule has 1 aromatic heterocycles. The minimum absolute atomic E-state index is 0.245. The van der Waals surface area contributed by atoms with Crippen LogP contribution in [0.3, 0.4) is 0 Å². The van der Waals surface area contributed by atoms with Crippen molar-refractivity contribution in [1.82, 2.24) is 4.57 Å². The number of carboxylic acid groups (broad SMARTS) is 1. The predicted molar refractivity (Wildman–Crippen MR) is 65.7 cm³/mol. The fourth-order valence-corrected chi connectivity index (χ4v) is 2.11. The quantitative estimate of drug-likeness (QED) is 0.830. The van der Waals surface area contributed by atoms with Gasteiger partial charge in [0.25, 0.3) is 0 Å². The third kappa shape index (κ3) is 1.34. The molecular weight excluding hydrogens is 234 g/mol. The first kappa shape index (κ1) is 10.6. The molecule has 0 bridgehead atoms. The van der Waals surface area contributed by atoms with Crippen LogP contribution in [0.1, 0.15) is 17.3 Å². The first-order chi connectivity index (χ1) is 8.58. The summed E-state index contributed by atoms with van der Waals surface area (Å²) < 4.78 is 7.13. The maximum absolute atomic E-state index is 12.0. The third-order valence-corrected chi connectivity index (χ3v) is 2.84. The monoisotopic (exact) mass is 243 g/mol. The Balaban J connectivity index is 2.53. The number of nitrogens with zero attached hydrogens (tertiary/aromatic N) is 1. The molecule has 0 atom stereocenters. The van der Waals surface area contributed by atoms with Crippen LogP contribution in [0.2, 0.25) is 0 Å². The zero-order valence-corrected chi connectivity index (χ0v) is 9.51. The van der Waals surface area contributed by atoms with Crippen LogP contribution in [0.4, 0.5) is 0 Å². The maximum Gasteiger partial charge on any atom is 0.341 e. The van der Waals surface area contributed by atoms with Gasteiger partial charge in [0.15, 0.2) is 5.75 Å². The molecule has 0 unspecified atom stereocenters. The molecule has 0 amide bonds. The van der Waals surface area contributed by atoms with Crippen molar-refractivity contribution in [3.63, 3.8) is 0 Å². The van der Waals surface area contributed by atoms with Gasteiger partial charge >= 0.3 is 5.97 Å². The van der Waals surface area contributed by atoms with Gasteiger partial charge in [-0.1, -0.05) is 6.07 Å². The molecular formula is C13H9NO4. The van der Waals surface area contributed by atoms with Crippen LogP contribution < -0.4 is 10.2 Å². The number of hydrogen-bond acceptors (Lipinski definition) is 3. The van der Waals surface area contributed by atoms with Crippen molar-refractivity contribution >= 4 is 23.1 Å². The van der Waals surface area contributed by atoms with Crippen LogP contribution in [0, 0.1) is 0 Å². The Labute approximate surface area is 102 Å². The van der Waals surface area contributed by atoms with E-state index in [0.717, 1.165) is 0 Å². The van der Waals surface area contributed by atoms with E-state index < -0.39 is 11.4 Å². The largest absolute Gasteiger partial charge is 0.477 e. The smallest absolute Gasteiger partial charge is 0.341 e. The van der Waals surface area contributed by atoms with Crippen molar-refractivity contribution in [1.29, 1.82) is 0 Å². The first-order valence-electron chi connectivity index (χ1n) is 5.35. The number of ether oxygens (including phenoxy) is 1. The summed E-state index contributed by atoms with van der Waals surface area (Å²) in [4.78, 5) is 23.1. The lowest BCUT2D eigenvalue weighted by Crippen LogP contribution is -2.19. The molecule has 3 rings (SSSR count). The number of carbonyl (C=O) groups is 1. The van der Waals surface area contributed by atoms with E-state index in [0.29, 0.717) is 22.4 Å². The van der Waals surface area contributed by atoms with Crippen molar-refractivity contribution < 1.29 is 14.6 Å². The fourth-order valence-electron chi connectivity index (χ4n) is 2.11. The van der Waals surface area contributed by atoms with E-state index in [9.17, 15) is 9.59 Å². The molecule has 90 valence electrons. The number of aromatic nitrogens is 1. The highest BCUT2D eigenvalue weighted by Crippen LogP contribution is 2.29. The van der Waals surface area contributed by atoms with Gasteiger partial charge in [-0.15, -0.1) is 0 Å². The highest BCUT2D eigenvalue weighted by Gasteiger charge is 2.19. The number of hydrogen-bond donors (Lipinski definition) is 1. The topological polar surface area (TPSA) is 68.5 Å². The summed E-state index contributed by atoms with van der Waals surface area (Å²) in [7, 11) is 0. The molecule has 5 heteroatoms. The van der Waals surface area contributed by atoms with Crippen molar-refractivity contribution in [2.45, 2.75) is 6.92 Å². The molecule has 1 aromatic carbocycles. The molecule has 0 spiro atoms. The van der Waals surface area contributed by atoms with Crippen LogP contribution >= 0.6 is 0 Å². The molecule has 5 nitrogen and oxygen atoms in total. The summed E-state index contributed by atoms with van der Waals surface area (Å²) in [6.07, 6.45) is 2.98. The second-order valence-electron chi connectivity index (χ2n) is 4.08. The lowest BCUT2D eigenvalue weighted by Gasteiger charge is -2.18. The Morgan fingerprint density at radius 2 is 2.17 bits per heavy atom. The van der Waals surface area contributed by atoms with Gasteiger partial charge in [0, 0.05) is 12.4 Å². The Bertz CT molecular complexity index is 770. The van der Waals surface area contributed by atoms with Crippen LogP contribution in [-0.4, -0.2) is 15.6 Å². The molecule has 0 saturated heterocycles. The second-order valence-corrected chi connectivity index (χ2v) is 4.08. The van der Waals surface area contributed by atoms with E-state index in [4.69, 9.17) is 9.84 Å². The van der Waals surface area contributed by atoms with E-state index in [2.05, 4.69) is 0 Å². The number of pyridine rings is 1. The summed E-state index contributed by atoms with van der Waals surface area (Å²) in [5.74, 6) is -0.0369. The molecule has 0 fully saturated rings. The van der Waals surface area contributed by atoms with Gasteiger partial charge < -0.3 is 14.4 Å². The number of aromatic carboxylic acids is 1. The van der Waals surface area contributed by atoms with Gasteiger partial charge in [0.2, 0.25) is 5.43 Å². The Morgan fingerprint density at radius 3 is 2.89 bits per heavy atom. The van der Waals surface area contributed by atoms with Crippen LogP contribution in [-0.2, 0) is 0 Å². The minimum Gasteiger partial charge on any atom is -0.477 e. The highest BCUT2D eigenvalue weighted by molar-refractivity contribution is 5.95. The Kier molecular flexibility index (Phi) is 2.04. The molecule has 1 aliphatic heterocycles.